The predicted octanol–water partition coefficient (Wildman–Crippen LogP) is 3.40. The molecule has 0 fully saturated rings. The van der Waals surface area contributed by atoms with Gasteiger partial charge in [-0.1, -0.05) is 24.3 Å². The number of aryl methyl sites for hydroxylation is 1. The number of anilines is 1. The van der Waals surface area contributed by atoms with Crippen LogP contribution in [0.3, 0.4) is 0 Å². The maximum absolute atomic E-state index is 12.3. The second-order valence-corrected chi connectivity index (χ2v) is 6.52. The first-order valence-corrected chi connectivity index (χ1v) is 7.34. The number of nitrogens with zero attached hydrogens (tertiary/aromatic N) is 1. The quantitative estimate of drug-likeness (QED) is 0.872. The summed E-state index contributed by atoms with van der Waals surface area (Å²) >= 11 is 0. The summed E-state index contributed by atoms with van der Waals surface area (Å²) in [4.78, 5) is 16.9. The van der Waals surface area contributed by atoms with Crippen molar-refractivity contribution >= 4 is 6.01 Å². The topological polar surface area (TPSA) is 55.1 Å². The number of rotatable bonds is 1. The number of hydrogen-bond donors (Lipinski definition) is 1. The van der Waals surface area contributed by atoms with Gasteiger partial charge in [0.2, 0.25) is 0 Å². The largest absolute Gasteiger partial charge is 0.389 e. The van der Waals surface area contributed by atoms with Crippen LogP contribution in [0, 0.1) is 0 Å². The minimum atomic E-state index is -0.275. The van der Waals surface area contributed by atoms with E-state index in [1.165, 1.54) is 5.56 Å². The van der Waals surface area contributed by atoms with Crippen molar-refractivity contribution in [3.05, 3.63) is 45.8 Å². The molecule has 0 bridgehead atoms. The summed E-state index contributed by atoms with van der Waals surface area (Å²) in [6, 6.07) is 8.46. The van der Waals surface area contributed by atoms with E-state index < -0.39 is 0 Å². The van der Waals surface area contributed by atoms with Crippen molar-refractivity contribution in [2.75, 3.05) is 5.32 Å². The zero-order valence-electron chi connectivity index (χ0n) is 12.7. The Morgan fingerprint density at radius 1 is 1.19 bits per heavy atom. The normalized spacial score (nSPS) is 14.0. The first-order chi connectivity index (χ1) is 9.94. The zero-order chi connectivity index (χ0) is 15.0. The SMILES string of the molecule is CC(C)(C)Nc1nc2c(c(=O)o1)CCCc1ccccc1-2. The van der Waals surface area contributed by atoms with Crippen LogP contribution in [0.1, 0.15) is 38.3 Å². The summed E-state index contributed by atoms with van der Waals surface area (Å²) in [6.45, 7) is 6.02. The van der Waals surface area contributed by atoms with Gasteiger partial charge in [0, 0.05) is 11.1 Å². The second-order valence-electron chi connectivity index (χ2n) is 6.52. The number of aromatic nitrogens is 1. The van der Waals surface area contributed by atoms with Crippen molar-refractivity contribution in [1.29, 1.82) is 0 Å². The van der Waals surface area contributed by atoms with Crippen LogP contribution in [0.4, 0.5) is 6.01 Å². The summed E-state index contributed by atoms with van der Waals surface area (Å²) in [5, 5.41) is 3.15. The average molecular weight is 284 g/mol. The highest BCUT2D eigenvalue weighted by Gasteiger charge is 2.22. The van der Waals surface area contributed by atoms with Crippen LogP contribution in [0.2, 0.25) is 0 Å². The Morgan fingerprint density at radius 3 is 2.71 bits per heavy atom. The van der Waals surface area contributed by atoms with Gasteiger partial charge in [0.25, 0.3) is 6.01 Å². The molecule has 1 N–H and O–H groups in total. The van der Waals surface area contributed by atoms with Gasteiger partial charge in [-0.25, -0.2) is 4.79 Å². The van der Waals surface area contributed by atoms with E-state index in [-0.39, 0.29) is 11.2 Å². The molecule has 1 aromatic carbocycles. The average Bonchev–Trinajstić information content (AvgIpc) is 2.57. The van der Waals surface area contributed by atoms with E-state index in [1.54, 1.807) is 0 Å². The molecule has 0 amide bonds. The Balaban J connectivity index is 2.18. The number of fused-ring (bicyclic) bond motifs is 3. The third-order valence-corrected chi connectivity index (χ3v) is 3.56. The maximum Gasteiger partial charge on any atom is 0.344 e. The highest BCUT2D eigenvalue weighted by atomic mass is 16.4. The van der Waals surface area contributed by atoms with Crippen LogP contribution in [0.5, 0.6) is 0 Å². The predicted molar refractivity (Wildman–Crippen MR) is 83.6 cm³/mol. The Labute approximate surface area is 124 Å². The van der Waals surface area contributed by atoms with Crippen LogP contribution in [-0.2, 0) is 12.8 Å². The summed E-state index contributed by atoms with van der Waals surface area (Å²) in [6.07, 6.45) is 2.63. The molecule has 4 nitrogen and oxygen atoms in total. The fraction of sp³-hybridized carbons (Fsp3) is 0.412. The Morgan fingerprint density at radius 2 is 1.95 bits per heavy atom. The van der Waals surface area contributed by atoms with Crippen molar-refractivity contribution in [1.82, 2.24) is 4.98 Å². The molecule has 0 spiro atoms. The molecular weight excluding hydrogens is 264 g/mol. The lowest BCUT2D eigenvalue weighted by molar-refractivity contribution is 0.474. The second kappa shape index (κ2) is 5.02. The molecule has 0 saturated carbocycles. The fourth-order valence-corrected chi connectivity index (χ4v) is 2.68. The van der Waals surface area contributed by atoms with Crippen LogP contribution in [0.15, 0.2) is 33.5 Å². The van der Waals surface area contributed by atoms with Crippen molar-refractivity contribution in [2.45, 2.75) is 45.6 Å². The van der Waals surface area contributed by atoms with E-state index in [2.05, 4.69) is 16.4 Å². The third kappa shape index (κ3) is 2.84. The van der Waals surface area contributed by atoms with Gasteiger partial charge in [-0.3, -0.25) is 0 Å². The maximum atomic E-state index is 12.3. The lowest BCUT2D eigenvalue weighted by atomic mass is 10.0. The molecule has 1 aliphatic rings. The molecule has 1 heterocycles. The summed E-state index contributed by atoms with van der Waals surface area (Å²) < 4.78 is 5.34. The molecular formula is C17H20N2O2. The lowest BCUT2D eigenvalue weighted by Crippen LogP contribution is -2.28. The van der Waals surface area contributed by atoms with Crippen LogP contribution in [-0.4, -0.2) is 10.5 Å². The van der Waals surface area contributed by atoms with Gasteiger partial charge in [0.05, 0.1) is 11.3 Å². The van der Waals surface area contributed by atoms with Crippen molar-refractivity contribution in [3.63, 3.8) is 0 Å². The van der Waals surface area contributed by atoms with E-state index in [4.69, 9.17) is 4.42 Å². The van der Waals surface area contributed by atoms with Crippen LogP contribution < -0.4 is 10.9 Å². The van der Waals surface area contributed by atoms with E-state index in [0.29, 0.717) is 11.6 Å². The zero-order valence-corrected chi connectivity index (χ0v) is 12.7. The molecule has 0 atom stereocenters. The van der Waals surface area contributed by atoms with Crippen molar-refractivity contribution in [2.24, 2.45) is 0 Å². The van der Waals surface area contributed by atoms with Gasteiger partial charge in [0.15, 0.2) is 0 Å². The molecule has 2 aromatic rings. The Kier molecular flexibility index (Phi) is 3.32. The van der Waals surface area contributed by atoms with E-state index in [0.717, 1.165) is 30.5 Å². The smallest absolute Gasteiger partial charge is 0.344 e. The molecule has 0 saturated heterocycles. The van der Waals surface area contributed by atoms with E-state index >= 15 is 0 Å². The van der Waals surface area contributed by atoms with Gasteiger partial charge in [-0.15, -0.1) is 0 Å². The third-order valence-electron chi connectivity index (χ3n) is 3.56. The fourth-order valence-electron chi connectivity index (χ4n) is 2.68. The first-order valence-electron chi connectivity index (χ1n) is 7.34. The molecule has 3 rings (SSSR count). The van der Waals surface area contributed by atoms with E-state index in [1.807, 2.05) is 39.0 Å². The standard InChI is InChI=1S/C17H20N2O2/c1-17(2,3)19-16-18-14-12-9-5-4-7-11(12)8-6-10-13(14)15(20)21-16/h4-5,7,9H,6,8,10H2,1-3H3,(H,18,19). The minimum absolute atomic E-state index is 0.207. The Bertz CT molecular complexity index is 726. The number of nitrogens with one attached hydrogen (secondary N) is 1. The molecule has 110 valence electrons. The van der Waals surface area contributed by atoms with Crippen molar-refractivity contribution in [3.8, 4) is 11.3 Å². The van der Waals surface area contributed by atoms with E-state index in [9.17, 15) is 4.79 Å². The minimum Gasteiger partial charge on any atom is -0.389 e. The van der Waals surface area contributed by atoms with Crippen molar-refractivity contribution < 1.29 is 4.42 Å². The van der Waals surface area contributed by atoms with Crippen LogP contribution >= 0.6 is 0 Å². The van der Waals surface area contributed by atoms with Crippen LogP contribution in [0.25, 0.3) is 11.3 Å². The Hall–Kier alpha value is -2.10. The highest BCUT2D eigenvalue weighted by Crippen LogP contribution is 2.30. The molecule has 0 aliphatic heterocycles. The molecule has 0 radical (unpaired) electrons. The van der Waals surface area contributed by atoms with Gasteiger partial charge in [0.1, 0.15) is 0 Å². The molecule has 1 aromatic heterocycles. The van der Waals surface area contributed by atoms with Gasteiger partial charge in [-0.2, -0.15) is 4.98 Å². The van der Waals surface area contributed by atoms with Gasteiger partial charge < -0.3 is 9.73 Å². The van der Waals surface area contributed by atoms with Gasteiger partial charge in [-0.05, 0) is 45.6 Å². The molecule has 0 unspecified atom stereocenters. The lowest BCUT2D eigenvalue weighted by Gasteiger charge is -2.20. The first kappa shape index (κ1) is 13.9. The number of benzene rings is 1. The summed E-state index contributed by atoms with van der Waals surface area (Å²) in [5.74, 6) is 0. The highest BCUT2D eigenvalue weighted by molar-refractivity contribution is 5.68. The molecule has 4 heteroatoms. The molecule has 21 heavy (non-hydrogen) atoms. The number of hydrogen-bond acceptors (Lipinski definition) is 4. The summed E-state index contributed by atoms with van der Waals surface area (Å²) in [5.41, 5.74) is 3.28. The monoisotopic (exact) mass is 284 g/mol. The van der Waals surface area contributed by atoms with Gasteiger partial charge >= 0.3 is 5.63 Å². The summed E-state index contributed by atoms with van der Waals surface area (Å²) in [7, 11) is 0. The molecule has 1 aliphatic carbocycles.